The van der Waals surface area contributed by atoms with Gasteiger partial charge in [-0.25, -0.2) is 4.79 Å². The van der Waals surface area contributed by atoms with Gasteiger partial charge in [0.2, 0.25) is 5.91 Å². The molecule has 1 amide bonds. The van der Waals surface area contributed by atoms with Crippen molar-refractivity contribution in [3.63, 3.8) is 0 Å². The lowest BCUT2D eigenvalue weighted by molar-refractivity contribution is -0.145. The Hall–Kier alpha value is -1.10. The van der Waals surface area contributed by atoms with E-state index in [-0.39, 0.29) is 11.8 Å². The molecule has 0 aromatic heterocycles. The van der Waals surface area contributed by atoms with Crippen LogP contribution in [0.2, 0.25) is 0 Å². The number of hydrogen-bond acceptors (Lipinski definition) is 4. The molecule has 1 heterocycles. The van der Waals surface area contributed by atoms with E-state index in [0.29, 0.717) is 12.5 Å². The van der Waals surface area contributed by atoms with E-state index < -0.39 is 12.0 Å². The molecule has 1 saturated heterocycles. The molecule has 0 spiro atoms. The van der Waals surface area contributed by atoms with Gasteiger partial charge in [0.05, 0.1) is 13.0 Å². The second-order valence-corrected chi connectivity index (χ2v) is 4.00. The third-order valence-electron chi connectivity index (χ3n) is 2.77. The topological polar surface area (TPSA) is 67.4 Å². The molecule has 0 saturated carbocycles. The highest BCUT2D eigenvalue weighted by molar-refractivity contribution is 5.85. The van der Waals surface area contributed by atoms with Gasteiger partial charge in [0.1, 0.15) is 6.04 Å². The number of carbonyl (C=O) groups excluding carboxylic acids is 2. The summed E-state index contributed by atoms with van der Waals surface area (Å²) in [6.45, 7) is 5.18. The maximum absolute atomic E-state index is 11.7. The summed E-state index contributed by atoms with van der Waals surface area (Å²) >= 11 is 0. The van der Waals surface area contributed by atoms with Crippen molar-refractivity contribution >= 4 is 11.9 Å². The molecule has 1 aliphatic heterocycles. The van der Waals surface area contributed by atoms with Crippen molar-refractivity contribution in [1.29, 1.82) is 0 Å². The van der Waals surface area contributed by atoms with Crippen molar-refractivity contribution in [2.24, 2.45) is 11.8 Å². The molecule has 5 nitrogen and oxygen atoms in total. The molecule has 15 heavy (non-hydrogen) atoms. The molecule has 0 radical (unpaired) electrons. The standard InChI is InChI=1S/C10H18N2O3/c1-6-4-11-5-8(6)9(13)12-7(2)10(14)15-3/h6-8,11H,4-5H2,1-3H3,(H,12,13)/t6?,7-,8?/m0/s1. The summed E-state index contributed by atoms with van der Waals surface area (Å²) in [7, 11) is 1.31. The van der Waals surface area contributed by atoms with Crippen molar-refractivity contribution in [3.8, 4) is 0 Å². The maximum atomic E-state index is 11.7. The predicted octanol–water partition coefficient (Wildman–Crippen LogP) is -0.480. The Morgan fingerprint density at radius 2 is 2.13 bits per heavy atom. The van der Waals surface area contributed by atoms with Crippen molar-refractivity contribution < 1.29 is 14.3 Å². The molecule has 3 atom stereocenters. The molecule has 2 unspecified atom stereocenters. The minimum atomic E-state index is -0.574. The number of methoxy groups -OCH3 is 1. The van der Waals surface area contributed by atoms with Gasteiger partial charge in [0, 0.05) is 6.54 Å². The van der Waals surface area contributed by atoms with Crippen LogP contribution >= 0.6 is 0 Å². The summed E-state index contributed by atoms with van der Waals surface area (Å²) in [5, 5.41) is 5.79. The van der Waals surface area contributed by atoms with Crippen LogP contribution in [0, 0.1) is 11.8 Å². The fourth-order valence-corrected chi connectivity index (χ4v) is 1.72. The molecular weight excluding hydrogens is 196 g/mol. The van der Waals surface area contributed by atoms with Crippen molar-refractivity contribution in [1.82, 2.24) is 10.6 Å². The van der Waals surface area contributed by atoms with Crippen molar-refractivity contribution in [3.05, 3.63) is 0 Å². The Morgan fingerprint density at radius 1 is 1.47 bits per heavy atom. The summed E-state index contributed by atoms with van der Waals surface area (Å²) in [4.78, 5) is 22.8. The number of rotatable bonds is 3. The zero-order chi connectivity index (χ0) is 11.4. The summed E-state index contributed by atoms with van der Waals surface area (Å²) in [6, 6.07) is -0.574. The SMILES string of the molecule is COC(=O)[C@H](C)NC(=O)C1CNCC1C. The molecule has 0 bridgehead atoms. The number of amides is 1. The average molecular weight is 214 g/mol. The van der Waals surface area contributed by atoms with Crippen LogP contribution in [-0.4, -0.2) is 38.1 Å². The largest absolute Gasteiger partial charge is 0.467 e. The fourth-order valence-electron chi connectivity index (χ4n) is 1.72. The number of nitrogens with one attached hydrogen (secondary N) is 2. The Bertz CT molecular complexity index is 255. The highest BCUT2D eigenvalue weighted by Gasteiger charge is 2.31. The van der Waals surface area contributed by atoms with Gasteiger partial charge in [-0.05, 0) is 19.4 Å². The van der Waals surface area contributed by atoms with E-state index in [9.17, 15) is 9.59 Å². The van der Waals surface area contributed by atoms with Crippen LogP contribution < -0.4 is 10.6 Å². The van der Waals surface area contributed by atoms with Crippen LogP contribution in [0.3, 0.4) is 0 Å². The van der Waals surface area contributed by atoms with Gasteiger partial charge >= 0.3 is 5.97 Å². The third kappa shape index (κ3) is 2.92. The third-order valence-corrected chi connectivity index (χ3v) is 2.77. The van der Waals surface area contributed by atoms with Gasteiger partial charge in [0.15, 0.2) is 0 Å². The Morgan fingerprint density at radius 3 is 2.60 bits per heavy atom. The zero-order valence-corrected chi connectivity index (χ0v) is 9.37. The van der Waals surface area contributed by atoms with Crippen LogP contribution in [0.15, 0.2) is 0 Å². The van der Waals surface area contributed by atoms with Gasteiger partial charge in [-0.1, -0.05) is 6.92 Å². The Kier molecular flexibility index (Phi) is 4.08. The monoisotopic (exact) mass is 214 g/mol. The quantitative estimate of drug-likeness (QED) is 0.623. The molecule has 1 fully saturated rings. The first-order valence-electron chi connectivity index (χ1n) is 5.15. The molecule has 0 aliphatic carbocycles. The average Bonchev–Trinajstić information content (AvgIpc) is 2.63. The first kappa shape index (κ1) is 12.0. The number of ether oxygens (including phenoxy) is 1. The van der Waals surface area contributed by atoms with E-state index in [2.05, 4.69) is 15.4 Å². The Balaban J connectivity index is 2.44. The molecule has 1 rings (SSSR count). The molecule has 2 N–H and O–H groups in total. The molecule has 0 aromatic rings. The summed E-state index contributed by atoms with van der Waals surface area (Å²) in [5.74, 6) is -0.223. The van der Waals surface area contributed by atoms with Gasteiger partial charge in [0.25, 0.3) is 0 Å². The molecule has 5 heteroatoms. The number of carbonyl (C=O) groups is 2. The summed E-state index contributed by atoms with van der Waals surface area (Å²) in [6.07, 6.45) is 0. The fraction of sp³-hybridized carbons (Fsp3) is 0.800. The normalized spacial score (nSPS) is 27.1. The molecule has 86 valence electrons. The first-order valence-corrected chi connectivity index (χ1v) is 5.15. The minimum Gasteiger partial charge on any atom is -0.467 e. The van der Waals surface area contributed by atoms with Crippen LogP contribution in [0.5, 0.6) is 0 Å². The number of hydrogen-bond donors (Lipinski definition) is 2. The highest BCUT2D eigenvalue weighted by Crippen LogP contribution is 2.15. The van der Waals surface area contributed by atoms with Crippen LogP contribution in [0.1, 0.15) is 13.8 Å². The molecule has 1 aliphatic rings. The van der Waals surface area contributed by atoms with Crippen LogP contribution in [0.25, 0.3) is 0 Å². The van der Waals surface area contributed by atoms with Gasteiger partial charge in [-0.2, -0.15) is 0 Å². The highest BCUT2D eigenvalue weighted by atomic mass is 16.5. The van der Waals surface area contributed by atoms with Gasteiger partial charge in [-0.15, -0.1) is 0 Å². The second-order valence-electron chi connectivity index (χ2n) is 4.00. The van der Waals surface area contributed by atoms with Crippen molar-refractivity contribution in [2.75, 3.05) is 20.2 Å². The van der Waals surface area contributed by atoms with E-state index >= 15 is 0 Å². The maximum Gasteiger partial charge on any atom is 0.328 e. The van der Waals surface area contributed by atoms with Gasteiger partial charge in [-0.3, -0.25) is 4.79 Å². The van der Waals surface area contributed by atoms with Crippen molar-refractivity contribution in [2.45, 2.75) is 19.9 Å². The smallest absolute Gasteiger partial charge is 0.328 e. The lowest BCUT2D eigenvalue weighted by atomic mass is 9.97. The van der Waals surface area contributed by atoms with E-state index in [1.54, 1.807) is 6.92 Å². The molecular formula is C10H18N2O3. The lowest BCUT2D eigenvalue weighted by Gasteiger charge is -2.17. The van der Waals surface area contributed by atoms with Gasteiger partial charge < -0.3 is 15.4 Å². The van der Waals surface area contributed by atoms with E-state index in [4.69, 9.17) is 0 Å². The second kappa shape index (κ2) is 5.11. The van der Waals surface area contributed by atoms with E-state index in [1.807, 2.05) is 6.92 Å². The van der Waals surface area contributed by atoms with E-state index in [0.717, 1.165) is 6.54 Å². The summed E-state index contributed by atoms with van der Waals surface area (Å²) < 4.78 is 4.53. The Labute approximate surface area is 89.6 Å². The number of esters is 1. The van der Waals surface area contributed by atoms with E-state index in [1.165, 1.54) is 7.11 Å². The van der Waals surface area contributed by atoms with Crippen LogP contribution in [0.4, 0.5) is 0 Å². The minimum absolute atomic E-state index is 0.0443. The molecule has 0 aromatic carbocycles. The lowest BCUT2D eigenvalue weighted by Crippen LogP contribution is -2.43. The zero-order valence-electron chi connectivity index (χ0n) is 9.37. The van der Waals surface area contributed by atoms with Crippen LogP contribution in [-0.2, 0) is 14.3 Å². The first-order chi connectivity index (χ1) is 7.06. The predicted molar refractivity (Wildman–Crippen MR) is 55.1 cm³/mol. The summed E-state index contributed by atoms with van der Waals surface area (Å²) in [5.41, 5.74) is 0.